The molecule has 1 N–H and O–H groups in total. The van der Waals surface area contributed by atoms with Crippen LogP contribution >= 0.6 is 0 Å². The number of hydrogen-bond donors (Lipinski definition) is 1. The summed E-state index contributed by atoms with van der Waals surface area (Å²) < 4.78 is 0. The number of hydrogen-bond acceptors (Lipinski definition) is 2. The summed E-state index contributed by atoms with van der Waals surface area (Å²) in [6.45, 7) is 2.36. The minimum atomic E-state index is -0.302. The van der Waals surface area contributed by atoms with Gasteiger partial charge in [-0.2, -0.15) is 0 Å². The van der Waals surface area contributed by atoms with Gasteiger partial charge < -0.3 is 5.11 Å². The summed E-state index contributed by atoms with van der Waals surface area (Å²) in [6, 6.07) is 10.4. The highest BCUT2D eigenvalue weighted by molar-refractivity contribution is 5.19. The maximum Gasteiger partial charge on any atom is 0.0945 e. The molecule has 2 nitrogen and oxygen atoms in total. The van der Waals surface area contributed by atoms with Gasteiger partial charge in [-0.1, -0.05) is 30.3 Å². The molecule has 4 rings (SSSR count). The molecule has 0 radical (unpaired) electrons. The zero-order valence-electron chi connectivity index (χ0n) is 9.55. The lowest BCUT2D eigenvalue weighted by molar-refractivity contribution is -0.0268. The lowest BCUT2D eigenvalue weighted by Crippen LogP contribution is -2.51. The molecule has 3 fully saturated rings. The van der Waals surface area contributed by atoms with E-state index >= 15 is 0 Å². The Bertz CT molecular complexity index is 343. The summed E-state index contributed by atoms with van der Waals surface area (Å²) in [5.41, 5.74) is 1.07. The van der Waals surface area contributed by atoms with E-state index in [4.69, 9.17) is 0 Å². The van der Waals surface area contributed by atoms with Crippen molar-refractivity contribution in [3.8, 4) is 0 Å². The number of benzene rings is 1. The molecule has 3 heterocycles. The smallest absolute Gasteiger partial charge is 0.0945 e. The van der Waals surface area contributed by atoms with Crippen LogP contribution in [0.4, 0.5) is 0 Å². The average molecular weight is 217 g/mol. The standard InChI is InChI=1S/C14H19NO/c16-14(12-4-2-1-3-5-12)13-10-11-6-8-15(13)9-7-11/h1-5,11,13-14,16H,6-10H2/t13-,14+/m0/s1. The molecule has 86 valence electrons. The Labute approximate surface area is 96.9 Å². The fraction of sp³-hybridized carbons (Fsp3) is 0.571. The Kier molecular flexibility index (Phi) is 2.70. The molecule has 16 heavy (non-hydrogen) atoms. The van der Waals surface area contributed by atoms with E-state index in [1.54, 1.807) is 0 Å². The Balaban J connectivity index is 1.78. The van der Waals surface area contributed by atoms with Gasteiger partial charge in [0.2, 0.25) is 0 Å². The Hall–Kier alpha value is -0.860. The van der Waals surface area contributed by atoms with E-state index in [1.807, 2.05) is 30.3 Å². The molecule has 3 aliphatic heterocycles. The van der Waals surface area contributed by atoms with Crippen LogP contribution in [0, 0.1) is 5.92 Å². The SMILES string of the molecule is O[C@H](c1ccccc1)[C@@H]1CC2CCN1CC2. The Morgan fingerprint density at radius 1 is 1.12 bits per heavy atom. The number of nitrogens with zero attached hydrogens (tertiary/aromatic N) is 1. The average Bonchev–Trinajstić information content (AvgIpc) is 2.40. The molecule has 2 atom stereocenters. The van der Waals surface area contributed by atoms with Crippen LogP contribution in [0.1, 0.15) is 30.9 Å². The van der Waals surface area contributed by atoms with Crippen LogP contribution in [-0.4, -0.2) is 29.1 Å². The predicted octanol–water partition coefficient (Wildman–Crippen LogP) is 2.20. The van der Waals surface area contributed by atoms with Crippen LogP contribution in [0.2, 0.25) is 0 Å². The molecule has 3 saturated heterocycles. The number of fused-ring (bicyclic) bond motifs is 3. The number of piperidine rings is 3. The van der Waals surface area contributed by atoms with Gasteiger partial charge in [0.25, 0.3) is 0 Å². The molecule has 1 aromatic rings. The van der Waals surface area contributed by atoms with Crippen molar-refractivity contribution in [1.82, 2.24) is 4.90 Å². The fourth-order valence-electron chi connectivity index (χ4n) is 3.21. The molecular weight excluding hydrogens is 198 g/mol. The molecule has 2 bridgehead atoms. The van der Waals surface area contributed by atoms with Crippen molar-refractivity contribution >= 4 is 0 Å². The molecule has 1 aromatic carbocycles. The summed E-state index contributed by atoms with van der Waals surface area (Å²) in [6.07, 6.45) is 3.54. The maximum atomic E-state index is 10.4. The van der Waals surface area contributed by atoms with Crippen LogP contribution in [0.3, 0.4) is 0 Å². The zero-order chi connectivity index (χ0) is 11.0. The fourth-order valence-corrected chi connectivity index (χ4v) is 3.21. The summed E-state index contributed by atoms with van der Waals surface area (Å²) in [7, 11) is 0. The lowest BCUT2D eigenvalue weighted by Gasteiger charge is -2.47. The normalized spacial score (nSPS) is 34.9. The number of rotatable bonds is 2. The molecular formula is C14H19NO. The van der Waals surface area contributed by atoms with Gasteiger partial charge in [-0.05, 0) is 43.8 Å². The minimum Gasteiger partial charge on any atom is -0.387 e. The second-order valence-electron chi connectivity index (χ2n) is 5.14. The molecule has 0 spiro atoms. The first-order valence-electron chi connectivity index (χ1n) is 6.31. The first-order valence-corrected chi connectivity index (χ1v) is 6.31. The molecule has 0 aromatic heterocycles. The Morgan fingerprint density at radius 2 is 1.81 bits per heavy atom. The van der Waals surface area contributed by atoms with Gasteiger partial charge in [0.05, 0.1) is 6.10 Å². The Morgan fingerprint density at radius 3 is 2.38 bits per heavy atom. The molecule has 2 heteroatoms. The van der Waals surface area contributed by atoms with Crippen molar-refractivity contribution in [2.75, 3.05) is 13.1 Å². The summed E-state index contributed by atoms with van der Waals surface area (Å²) in [5.74, 6) is 0.855. The van der Waals surface area contributed by atoms with Crippen LogP contribution < -0.4 is 0 Å². The van der Waals surface area contributed by atoms with E-state index in [-0.39, 0.29) is 6.10 Å². The first-order chi connectivity index (χ1) is 7.84. The third-order valence-corrected chi connectivity index (χ3v) is 4.20. The predicted molar refractivity (Wildman–Crippen MR) is 64.1 cm³/mol. The third-order valence-electron chi connectivity index (χ3n) is 4.20. The number of aliphatic hydroxyl groups excluding tert-OH is 1. The highest BCUT2D eigenvalue weighted by Gasteiger charge is 2.37. The largest absolute Gasteiger partial charge is 0.387 e. The van der Waals surface area contributed by atoms with Gasteiger partial charge in [-0.3, -0.25) is 4.90 Å². The second kappa shape index (κ2) is 4.19. The molecule has 0 unspecified atom stereocenters. The van der Waals surface area contributed by atoms with Crippen LogP contribution in [-0.2, 0) is 0 Å². The summed E-state index contributed by atoms with van der Waals surface area (Å²) in [5, 5.41) is 10.4. The van der Waals surface area contributed by atoms with Crippen LogP contribution in [0.15, 0.2) is 30.3 Å². The third kappa shape index (κ3) is 1.76. The monoisotopic (exact) mass is 217 g/mol. The molecule has 0 amide bonds. The van der Waals surface area contributed by atoms with Gasteiger partial charge in [0, 0.05) is 6.04 Å². The molecule has 3 aliphatic rings. The van der Waals surface area contributed by atoms with E-state index in [1.165, 1.54) is 32.4 Å². The summed E-state index contributed by atoms with van der Waals surface area (Å²) >= 11 is 0. The van der Waals surface area contributed by atoms with Crippen LogP contribution in [0.25, 0.3) is 0 Å². The van der Waals surface area contributed by atoms with E-state index in [0.29, 0.717) is 6.04 Å². The maximum absolute atomic E-state index is 10.4. The van der Waals surface area contributed by atoms with E-state index in [9.17, 15) is 5.11 Å². The molecule has 0 aliphatic carbocycles. The van der Waals surface area contributed by atoms with Crippen molar-refractivity contribution in [3.63, 3.8) is 0 Å². The van der Waals surface area contributed by atoms with Gasteiger partial charge in [0.1, 0.15) is 0 Å². The van der Waals surface area contributed by atoms with Crippen molar-refractivity contribution in [3.05, 3.63) is 35.9 Å². The lowest BCUT2D eigenvalue weighted by atomic mass is 9.80. The van der Waals surface area contributed by atoms with Crippen molar-refractivity contribution < 1.29 is 5.11 Å². The minimum absolute atomic E-state index is 0.302. The number of aliphatic hydroxyl groups is 1. The highest BCUT2D eigenvalue weighted by Crippen LogP contribution is 2.37. The van der Waals surface area contributed by atoms with E-state index < -0.39 is 0 Å². The van der Waals surface area contributed by atoms with Crippen LogP contribution in [0.5, 0.6) is 0 Å². The van der Waals surface area contributed by atoms with Crippen molar-refractivity contribution in [2.45, 2.75) is 31.4 Å². The quantitative estimate of drug-likeness (QED) is 0.821. The highest BCUT2D eigenvalue weighted by atomic mass is 16.3. The van der Waals surface area contributed by atoms with Gasteiger partial charge in [-0.25, -0.2) is 0 Å². The van der Waals surface area contributed by atoms with E-state index in [2.05, 4.69) is 4.90 Å². The zero-order valence-corrected chi connectivity index (χ0v) is 9.55. The van der Waals surface area contributed by atoms with Gasteiger partial charge in [-0.15, -0.1) is 0 Å². The summed E-state index contributed by atoms with van der Waals surface area (Å²) in [4.78, 5) is 2.47. The van der Waals surface area contributed by atoms with Crippen molar-refractivity contribution in [2.24, 2.45) is 5.92 Å². The second-order valence-corrected chi connectivity index (χ2v) is 5.14. The van der Waals surface area contributed by atoms with E-state index in [0.717, 1.165) is 11.5 Å². The van der Waals surface area contributed by atoms with Gasteiger partial charge >= 0.3 is 0 Å². The molecule has 0 saturated carbocycles. The van der Waals surface area contributed by atoms with Gasteiger partial charge in [0.15, 0.2) is 0 Å². The topological polar surface area (TPSA) is 23.5 Å². The van der Waals surface area contributed by atoms with Crippen molar-refractivity contribution in [1.29, 1.82) is 0 Å². The first kappa shape index (κ1) is 10.3.